The van der Waals surface area contributed by atoms with Crippen molar-refractivity contribution in [1.29, 1.82) is 0 Å². The lowest BCUT2D eigenvalue weighted by molar-refractivity contribution is 0.101. The molecule has 0 radical (unpaired) electrons. The number of carbonyl (C=O) groups is 1. The van der Waals surface area contributed by atoms with E-state index in [1.54, 1.807) is 25.5 Å². The highest BCUT2D eigenvalue weighted by Crippen LogP contribution is 2.26. The Morgan fingerprint density at radius 1 is 1.17 bits per heavy atom. The number of hydrogen-bond acceptors (Lipinski definition) is 6. The van der Waals surface area contributed by atoms with Crippen LogP contribution in [0, 0.1) is 0 Å². The maximum absolute atomic E-state index is 11.8. The molecule has 0 spiro atoms. The molecule has 0 unspecified atom stereocenters. The van der Waals surface area contributed by atoms with Gasteiger partial charge < -0.3 is 9.88 Å². The number of ketones is 1. The molecule has 7 heteroatoms. The van der Waals surface area contributed by atoms with Crippen molar-refractivity contribution in [2.24, 2.45) is 0 Å². The SMILES string of the molecule is CC(=O)c1cccc(-c2nc(NCc3cccnc3)c3ncn(C(C)C)c3n2)c1. The molecule has 0 bridgehead atoms. The molecule has 0 amide bonds. The summed E-state index contributed by atoms with van der Waals surface area (Å²) < 4.78 is 2.02. The monoisotopic (exact) mass is 386 g/mol. The number of aromatic nitrogens is 5. The van der Waals surface area contributed by atoms with Gasteiger partial charge in [-0.1, -0.05) is 24.3 Å². The smallest absolute Gasteiger partial charge is 0.166 e. The standard InChI is InChI=1S/C22H22N6O/c1-14(2)28-13-25-19-21(24-12-16-6-5-9-23-11-16)26-20(27-22(19)28)18-8-4-7-17(10-18)15(3)29/h4-11,13-14H,12H2,1-3H3,(H,24,26,27). The van der Waals surface area contributed by atoms with Gasteiger partial charge in [-0.05, 0) is 38.5 Å². The summed E-state index contributed by atoms with van der Waals surface area (Å²) in [5.41, 5.74) is 3.94. The number of nitrogens with one attached hydrogen (secondary N) is 1. The van der Waals surface area contributed by atoms with Gasteiger partial charge in [-0.2, -0.15) is 0 Å². The maximum atomic E-state index is 11.8. The Morgan fingerprint density at radius 2 is 2.03 bits per heavy atom. The minimum absolute atomic E-state index is 0.00933. The molecule has 0 saturated carbocycles. The lowest BCUT2D eigenvalue weighted by atomic mass is 10.1. The highest BCUT2D eigenvalue weighted by Gasteiger charge is 2.16. The second kappa shape index (κ2) is 7.79. The fourth-order valence-electron chi connectivity index (χ4n) is 3.11. The highest BCUT2D eigenvalue weighted by atomic mass is 16.1. The minimum atomic E-state index is 0.00933. The van der Waals surface area contributed by atoms with E-state index in [1.165, 1.54) is 0 Å². The van der Waals surface area contributed by atoms with Crippen LogP contribution < -0.4 is 5.32 Å². The van der Waals surface area contributed by atoms with Crippen LogP contribution in [0.1, 0.15) is 42.7 Å². The van der Waals surface area contributed by atoms with Crippen molar-refractivity contribution >= 4 is 22.8 Å². The summed E-state index contributed by atoms with van der Waals surface area (Å²) in [4.78, 5) is 30.0. The number of rotatable bonds is 6. The summed E-state index contributed by atoms with van der Waals surface area (Å²) in [6.45, 7) is 6.29. The Bertz CT molecular complexity index is 1170. The number of nitrogens with zero attached hydrogens (tertiary/aromatic N) is 5. The van der Waals surface area contributed by atoms with Crippen LogP contribution in [-0.4, -0.2) is 30.3 Å². The number of fused-ring (bicyclic) bond motifs is 1. The Morgan fingerprint density at radius 3 is 2.76 bits per heavy atom. The van der Waals surface area contributed by atoms with Gasteiger partial charge in [0.25, 0.3) is 0 Å². The van der Waals surface area contributed by atoms with E-state index in [0.717, 1.165) is 16.8 Å². The van der Waals surface area contributed by atoms with Crippen LogP contribution in [0.3, 0.4) is 0 Å². The fourth-order valence-corrected chi connectivity index (χ4v) is 3.11. The van der Waals surface area contributed by atoms with E-state index < -0.39 is 0 Å². The largest absolute Gasteiger partial charge is 0.364 e. The van der Waals surface area contributed by atoms with Gasteiger partial charge in [0.1, 0.15) is 5.52 Å². The first-order chi connectivity index (χ1) is 14.0. The van der Waals surface area contributed by atoms with Crippen molar-refractivity contribution in [2.75, 3.05) is 5.32 Å². The van der Waals surface area contributed by atoms with E-state index in [4.69, 9.17) is 9.97 Å². The van der Waals surface area contributed by atoms with E-state index in [1.807, 2.05) is 41.1 Å². The predicted molar refractivity (Wildman–Crippen MR) is 113 cm³/mol. The second-order valence-corrected chi connectivity index (χ2v) is 7.17. The third kappa shape index (κ3) is 3.85. The van der Waals surface area contributed by atoms with Crippen LogP contribution in [0.15, 0.2) is 55.1 Å². The van der Waals surface area contributed by atoms with Crippen molar-refractivity contribution in [3.05, 3.63) is 66.2 Å². The van der Waals surface area contributed by atoms with E-state index in [-0.39, 0.29) is 11.8 Å². The molecule has 4 aromatic rings. The van der Waals surface area contributed by atoms with E-state index >= 15 is 0 Å². The quantitative estimate of drug-likeness (QED) is 0.498. The molecule has 3 aromatic heterocycles. The molecule has 1 N–H and O–H groups in total. The molecule has 29 heavy (non-hydrogen) atoms. The van der Waals surface area contributed by atoms with Crippen LogP contribution in [-0.2, 0) is 6.54 Å². The first-order valence-corrected chi connectivity index (χ1v) is 9.51. The zero-order valence-electron chi connectivity index (χ0n) is 16.6. The highest BCUT2D eigenvalue weighted by molar-refractivity contribution is 5.95. The molecule has 0 fully saturated rings. The van der Waals surface area contributed by atoms with Gasteiger partial charge in [0, 0.05) is 36.1 Å². The Hall–Kier alpha value is -3.61. The van der Waals surface area contributed by atoms with Crippen LogP contribution in [0.5, 0.6) is 0 Å². The summed E-state index contributed by atoms with van der Waals surface area (Å²) in [7, 11) is 0. The number of hydrogen-bond donors (Lipinski definition) is 1. The number of imidazole rings is 1. The van der Waals surface area contributed by atoms with Crippen molar-refractivity contribution in [1.82, 2.24) is 24.5 Å². The number of anilines is 1. The van der Waals surface area contributed by atoms with E-state index in [0.29, 0.717) is 29.3 Å². The van der Waals surface area contributed by atoms with Gasteiger partial charge in [-0.3, -0.25) is 9.78 Å². The van der Waals surface area contributed by atoms with Crippen LogP contribution >= 0.6 is 0 Å². The van der Waals surface area contributed by atoms with Crippen molar-refractivity contribution in [2.45, 2.75) is 33.4 Å². The second-order valence-electron chi connectivity index (χ2n) is 7.17. The van der Waals surface area contributed by atoms with Crippen molar-refractivity contribution in [3.63, 3.8) is 0 Å². The van der Waals surface area contributed by atoms with Gasteiger partial charge in [-0.25, -0.2) is 15.0 Å². The Labute approximate surface area is 168 Å². The third-order valence-electron chi connectivity index (χ3n) is 4.69. The molecule has 7 nitrogen and oxygen atoms in total. The topological polar surface area (TPSA) is 85.6 Å². The van der Waals surface area contributed by atoms with E-state index in [2.05, 4.69) is 29.1 Å². The molecule has 4 rings (SSSR count). The lowest BCUT2D eigenvalue weighted by Crippen LogP contribution is -2.06. The molecule has 0 saturated heterocycles. The third-order valence-corrected chi connectivity index (χ3v) is 4.69. The first-order valence-electron chi connectivity index (χ1n) is 9.51. The molecule has 3 heterocycles. The van der Waals surface area contributed by atoms with Gasteiger partial charge in [0.2, 0.25) is 0 Å². The predicted octanol–water partition coefficient (Wildman–Crippen LogP) is 4.28. The summed E-state index contributed by atoms with van der Waals surface area (Å²) >= 11 is 0. The molecule has 0 aliphatic rings. The molecule has 1 aromatic carbocycles. The average molecular weight is 386 g/mol. The maximum Gasteiger partial charge on any atom is 0.166 e. The molecule has 0 aliphatic heterocycles. The zero-order valence-corrected chi connectivity index (χ0v) is 16.6. The lowest BCUT2D eigenvalue weighted by Gasteiger charge is -2.11. The number of Topliss-reactive ketones (excluding diaryl/α,β-unsaturated/α-hetero) is 1. The fraction of sp³-hybridized carbons (Fsp3) is 0.227. The normalized spacial score (nSPS) is 11.2. The van der Waals surface area contributed by atoms with Gasteiger partial charge in [-0.15, -0.1) is 0 Å². The molecule has 0 atom stereocenters. The van der Waals surface area contributed by atoms with Crippen LogP contribution in [0.4, 0.5) is 5.82 Å². The number of benzene rings is 1. The van der Waals surface area contributed by atoms with Crippen molar-refractivity contribution in [3.8, 4) is 11.4 Å². The van der Waals surface area contributed by atoms with Gasteiger partial charge in [0.15, 0.2) is 23.1 Å². The molecule has 146 valence electrons. The molecule has 0 aliphatic carbocycles. The first kappa shape index (κ1) is 18.7. The summed E-state index contributed by atoms with van der Waals surface area (Å²) in [6, 6.07) is 11.5. The molecular weight excluding hydrogens is 364 g/mol. The minimum Gasteiger partial charge on any atom is -0.364 e. The Kier molecular flexibility index (Phi) is 5.03. The summed E-state index contributed by atoms with van der Waals surface area (Å²) in [6.07, 6.45) is 5.35. The van der Waals surface area contributed by atoms with Crippen LogP contribution in [0.25, 0.3) is 22.6 Å². The molecular formula is C22H22N6O. The van der Waals surface area contributed by atoms with Gasteiger partial charge >= 0.3 is 0 Å². The number of pyridine rings is 1. The zero-order chi connectivity index (χ0) is 20.4. The number of carbonyl (C=O) groups excluding carboxylic acids is 1. The summed E-state index contributed by atoms with van der Waals surface area (Å²) in [5, 5.41) is 3.37. The Balaban J connectivity index is 1.81. The van der Waals surface area contributed by atoms with Crippen molar-refractivity contribution < 1.29 is 4.79 Å². The average Bonchev–Trinajstić information content (AvgIpc) is 3.17. The van der Waals surface area contributed by atoms with Gasteiger partial charge in [0.05, 0.1) is 6.33 Å². The van der Waals surface area contributed by atoms with Crippen LogP contribution in [0.2, 0.25) is 0 Å². The summed E-state index contributed by atoms with van der Waals surface area (Å²) in [5.74, 6) is 1.22. The van der Waals surface area contributed by atoms with E-state index in [9.17, 15) is 4.79 Å².